The lowest BCUT2D eigenvalue weighted by Gasteiger charge is -2.22. The molecule has 108 valence electrons. The van der Waals surface area contributed by atoms with Crippen LogP contribution in [0.2, 0.25) is 0 Å². The first kappa shape index (κ1) is 14.3. The van der Waals surface area contributed by atoms with E-state index in [1.807, 2.05) is 0 Å². The highest BCUT2D eigenvalue weighted by Crippen LogP contribution is 2.29. The summed E-state index contributed by atoms with van der Waals surface area (Å²) in [7, 11) is 0. The summed E-state index contributed by atoms with van der Waals surface area (Å²) in [5, 5.41) is 23.6. The lowest BCUT2D eigenvalue weighted by atomic mass is 10.0. The van der Waals surface area contributed by atoms with Crippen LogP contribution in [0.15, 0.2) is 18.2 Å². The number of nitrogens with zero attached hydrogens (tertiary/aromatic N) is 1. The van der Waals surface area contributed by atoms with Gasteiger partial charge in [0, 0.05) is 12.6 Å². The number of anilines is 1. The van der Waals surface area contributed by atoms with Gasteiger partial charge in [-0.25, -0.2) is 0 Å². The summed E-state index contributed by atoms with van der Waals surface area (Å²) in [6.45, 7) is 0.0807. The van der Waals surface area contributed by atoms with E-state index in [2.05, 4.69) is 5.32 Å². The number of carbonyl (C=O) groups is 1. The number of amides is 1. The van der Waals surface area contributed by atoms with Crippen LogP contribution < -0.4 is 11.1 Å². The Labute approximate surface area is 115 Å². The number of nitrogen functional groups attached to an aromatic ring is 1. The fourth-order valence-electron chi connectivity index (χ4n) is 2.50. The molecule has 0 radical (unpaired) electrons. The molecule has 1 aromatic rings. The van der Waals surface area contributed by atoms with Crippen LogP contribution >= 0.6 is 0 Å². The standard InChI is InChI=1S/C13H17N3O4/c14-9-4-3-5-10(16(19)20)11(9)12(17)15-8-13(18)6-1-2-7-13/h3-5,18H,1-2,6-8,14H2,(H,15,17). The quantitative estimate of drug-likeness (QED) is 0.435. The van der Waals surface area contributed by atoms with E-state index >= 15 is 0 Å². The third kappa shape index (κ3) is 2.88. The first-order chi connectivity index (χ1) is 9.43. The summed E-state index contributed by atoms with van der Waals surface area (Å²) < 4.78 is 0. The maximum atomic E-state index is 12.1. The summed E-state index contributed by atoms with van der Waals surface area (Å²) in [4.78, 5) is 22.4. The van der Waals surface area contributed by atoms with Crippen molar-refractivity contribution in [1.82, 2.24) is 5.32 Å². The van der Waals surface area contributed by atoms with Crippen LogP contribution in [0.5, 0.6) is 0 Å². The molecule has 0 aromatic heterocycles. The third-order valence-corrected chi connectivity index (χ3v) is 3.61. The zero-order valence-corrected chi connectivity index (χ0v) is 11.0. The van der Waals surface area contributed by atoms with Gasteiger partial charge in [-0.05, 0) is 18.9 Å². The summed E-state index contributed by atoms with van der Waals surface area (Å²) in [6, 6.07) is 4.09. The van der Waals surface area contributed by atoms with Crippen LogP contribution in [-0.2, 0) is 0 Å². The molecular formula is C13H17N3O4. The Balaban J connectivity index is 2.15. The average molecular weight is 279 g/mol. The smallest absolute Gasteiger partial charge is 0.284 e. The molecule has 7 nitrogen and oxygen atoms in total. The summed E-state index contributed by atoms with van der Waals surface area (Å²) in [6.07, 6.45) is 3.08. The van der Waals surface area contributed by atoms with E-state index in [0.717, 1.165) is 12.8 Å². The molecule has 0 spiro atoms. The van der Waals surface area contributed by atoms with Gasteiger partial charge in [0.05, 0.1) is 16.2 Å². The number of nitro groups is 1. The molecule has 1 saturated carbocycles. The van der Waals surface area contributed by atoms with Gasteiger partial charge in [-0.15, -0.1) is 0 Å². The van der Waals surface area contributed by atoms with E-state index in [-0.39, 0.29) is 23.5 Å². The molecule has 1 aliphatic carbocycles. The molecule has 1 amide bonds. The van der Waals surface area contributed by atoms with Gasteiger partial charge in [0.25, 0.3) is 11.6 Å². The maximum absolute atomic E-state index is 12.1. The minimum atomic E-state index is -0.909. The van der Waals surface area contributed by atoms with Crippen molar-refractivity contribution in [3.8, 4) is 0 Å². The van der Waals surface area contributed by atoms with Gasteiger partial charge in [-0.2, -0.15) is 0 Å². The van der Waals surface area contributed by atoms with Crippen LogP contribution in [-0.4, -0.2) is 28.1 Å². The number of rotatable bonds is 4. The van der Waals surface area contributed by atoms with Crippen molar-refractivity contribution in [2.45, 2.75) is 31.3 Å². The minimum Gasteiger partial charge on any atom is -0.398 e. The molecule has 1 aliphatic rings. The monoisotopic (exact) mass is 279 g/mol. The lowest BCUT2D eigenvalue weighted by molar-refractivity contribution is -0.385. The minimum absolute atomic E-state index is 0.0510. The molecule has 0 atom stereocenters. The molecule has 20 heavy (non-hydrogen) atoms. The van der Waals surface area contributed by atoms with E-state index in [1.54, 1.807) is 0 Å². The molecule has 1 fully saturated rings. The Bertz CT molecular complexity index is 538. The van der Waals surface area contributed by atoms with Crippen molar-refractivity contribution in [3.63, 3.8) is 0 Å². The van der Waals surface area contributed by atoms with Crippen LogP contribution in [0, 0.1) is 10.1 Å². The van der Waals surface area contributed by atoms with Crippen molar-refractivity contribution >= 4 is 17.3 Å². The molecule has 7 heteroatoms. The molecule has 1 aromatic carbocycles. The highest BCUT2D eigenvalue weighted by atomic mass is 16.6. The van der Waals surface area contributed by atoms with Crippen molar-refractivity contribution in [2.75, 3.05) is 12.3 Å². The average Bonchev–Trinajstić information content (AvgIpc) is 2.83. The van der Waals surface area contributed by atoms with Gasteiger partial charge in [0.15, 0.2) is 0 Å². The van der Waals surface area contributed by atoms with Gasteiger partial charge >= 0.3 is 0 Å². The number of aliphatic hydroxyl groups is 1. The number of nitro benzene ring substituents is 1. The zero-order chi connectivity index (χ0) is 14.8. The fourth-order valence-corrected chi connectivity index (χ4v) is 2.50. The zero-order valence-electron chi connectivity index (χ0n) is 11.0. The predicted octanol–water partition coefficient (Wildman–Crippen LogP) is 1.21. The van der Waals surface area contributed by atoms with E-state index in [4.69, 9.17) is 5.73 Å². The van der Waals surface area contributed by atoms with E-state index in [1.165, 1.54) is 18.2 Å². The largest absolute Gasteiger partial charge is 0.398 e. The highest BCUT2D eigenvalue weighted by molar-refractivity contribution is 6.03. The number of hydrogen-bond donors (Lipinski definition) is 3. The topological polar surface area (TPSA) is 118 Å². The van der Waals surface area contributed by atoms with E-state index < -0.39 is 16.4 Å². The Morgan fingerprint density at radius 2 is 2.10 bits per heavy atom. The molecular weight excluding hydrogens is 262 g/mol. The van der Waals surface area contributed by atoms with E-state index in [0.29, 0.717) is 12.8 Å². The van der Waals surface area contributed by atoms with Gasteiger partial charge in [-0.1, -0.05) is 18.9 Å². The van der Waals surface area contributed by atoms with Crippen molar-refractivity contribution < 1.29 is 14.8 Å². The summed E-state index contributed by atoms with van der Waals surface area (Å²) in [5.74, 6) is -0.630. The number of benzene rings is 1. The molecule has 0 bridgehead atoms. The fraction of sp³-hybridized carbons (Fsp3) is 0.462. The van der Waals surface area contributed by atoms with Gasteiger partial charge in [0.1, 0.15) is 5.56 Å². The number of nitrogens with one attached hydrogen (secondary N) is 1. The highest BCUT2D eigenvalue weighted by Gasteiger charge is 2.32. The van der Waals surface area contributed by atoms with Crippen molar-refractivity contribution in [2.24, 2.45) is 0 Å². The molecule has 0 heterocycles. The Hall–Kier alpha value is -2.15. The second-order valence-electron chi connectivity index (χ2n) is 5.11. The number of hydrogen-bond acceptors (Lipinski definition) is 5. The summed E-state index contributed by atoms with van der Waals surface area (Å²) in [5.41, 5.74) is 4.31. The van der Waals surface area contributed by atoms with E-state index in [9.17, 15) is 20.0 Å². The molecule has 0 unspecified atom stereocenters. The first-order valence-corrected chi connectivity index (χ1v) is 6.46. The molecule has 4 N–H and O–H groups in total. The van der Waals surface area contributed by atoms with Gasteiger partial charge < -0.3 is 16.2 Å². The van der Waals surface area contributed by atoms with Crippen LogP contribution in [0.25, 0.3) is 0 Å². The second kappa shape index (κ2) is 5.46. The number of carbonyl (C=O) groups excluding carboxylic acids is 1. The molecule has 0 aliphatic heterocycles. The van der Waals surface area contributed by atoms with Gasteiger partial charge in [-0.3, -0.25) is 14.9 Å². The Kier molecular flexibility index (Phi) is 3.89. The Morgan fingerprint density at radius 1 is 1.45 bits per heavy atom. The van der Waals surface area contributed by atoms with Crippen LogP contribution in [0.3, 0.4) is 0 Å². The first-order valence-electron chi connectivity index (χ1n) is 6.46. The second-order valence-corrected chi connectivity index (χ2v) is 5.11. The Morgan fingerprint density at radius 3 is 2.70 bits per heavy atom. The number of nitrogens with two attached hydrogens (primary N) is 1. The van der Waals surface area contributed by atoms with Gasteiger partial charge in [0.2, 0.25) is 0 Å². The maximum Gasteiger partial charge on any atom is 0.284 e. The van der Waals surface area contributed by atoms with Crippen LogP contribution in [0.1, 0.15) is 36.0 Å². The third-order valence-electron chi connectivity index (χ3n) is 3.61. The summed E-state index contributed by atoms with van der Waals surface area (Å²) >= 11 is 0. The SMILES string of the molecule is Nc1cccc([N+](=O)[O-])c1C(=O)NCC1(O)CCCC1. The van der Waals surface area contributed by atoms with Crippen molar-refractivity contribution in [1.29, 1.82) is 0 Å². The molecule has 0 saturated heterocycles. The molecule has 2 rings (SSSR count). The van der Waals surface area contributed by atoms with Crippen molar-refractivity contribution in [3.05, 3.63) is 33.9 Å². The normalized spacial score (nSPS) is 16.9. The lowest BCUT2D eigenvalue weighted by Crippen LogP contribution is -2.41. The predicted molar refractivity (Wildman–Crippen MR) is 73.3 cm³/mol. The van der Waals surface area contributed by atoms with Crippen LogP contribution in [0.4, 0.5) is 11.4 Å².